The van der Waals surface area contributed by atoms with Gasteiger partial charge in [-0.25, -0.2) is 9.59 Å². The van der Waals surface area contributed by atoms with Gasteiger partial charge in [0, 0.05) is 0 Å². The van der Waals surface area contributed by atoms with Crippen LogP contribution in [0.5, 0.6) is 0 Å². The highest BCUT2D eigenvalue weighted by atomic mass is 32.1. The third-order valence-electron chi connectivity index (χ3n) is 2.37. The van der Waals surface area contributed by atoms with Gasteiger partial charge in [0.1, 0.15) is 9.75 Å². The Bertz CT molecular complexity index is 542. The van der Waals surface area contributed by atoms with Crippen molar-refractivity contribution >= 4 is 23.3 Å². The van der Waals surface area contributed by atoms with Gasteiger partial charge in [-0.05, 0) is 11.1 Å². The molecule has 0 N–H and O–H groups in total. The summed E-state index contributed by atoms with van der Waals surface area (Å²) in [4.78, 5) is 23.6. The molecule has 1 rings (SSSR count). The van der Waals surface area contributed by atoms with Crippen molar-refractivity contribution in [3.05, 3.63) is 20.9 Å². The average molecular weight is 278 g/mol. The van der Waals surface area contributed by atoms with Crippen LogP contribution in [0.15, 0.2) is 0 Å². The Labute approximate surface area is 113 Å². The first-order valence-corrected chi connectivity index (χ1v) is 5.97. The highest BCUT2D eigenvalue weighted by Crippen LogP contribution is 2.31. The quantitative estimate of drug-likeness (QED) is 0.773. The van der Waals surface area contributed by atoms with Gasteiger partial charge >= 0.3 is 11.9 Å². The number of carbonyl (C=O) groups excluding carboxylic acids is 2. The minimum Gasteiger partial charge on any atom is -0.465 e. The molecule has 0 aliphatic carbocycles. The first kappa shape index (κ1) is 14.7. The van der Waals surface area contributed by atoms with Gasteiger partial charge in [-0.1, -0.05) is 0 Å². The summed E-state index contributed by atoms with van der Waals surface area (Å²) in [5, 5.41) is 17.6. The van der Waals surface area contributed by atoms with Gasteiger partial charge in [0.2, 0.25) is 0 Å². The number of hydrogen-bond donors (Lipinski definition) is 0. The molecular weight excluding hydrogens is 268 g/mol. The fourth-order valence-electron chi connectivity index (χ4n) is 1.55. The van der Waals surface area contributed by atoms with Crippen LogP contribution in [0.3, 0.4) is 0 Å². The molecular formula is C12H10N2O4S. The normalized spacial score (nSPS) is 9.26. The number of nitrogens with zero attached hydrogens (tertiary/aromatic N) is 2. The number of thiophene rings is 1. The van der Waals surface area contributed by atoms with Crippen molar-refractivity contribution in [3.8, 4) is 12.1 Å². The highest BCUT2D eigenvalue weighted by Gasteiger charge is 2.26. The first-order valence-electron chi connectivity index (χ1n) is 5.15. The number of ether oxygens (including phenoxy) is 2. The van der Waals surface area contributed by atoms with E-state index >= 15 is 0 Å². The van der Waals surface area contributed by atoms with Crippen LogP contribution in [0.25, 0.3) is 0 Å². The molecule has 0 radical (unpaired) electrons. The molecule has 0 aliphatic heterocycles. The fraction of sp³-hybridized carbons (Fsp3) is 0.333. The van der Waals surface area contributed by atoms with Crippen molar-refractivity contribution in [1.82, 2.24) is 0 Å². The van der Waals surface area contributed by atoms with E-state index in [9.17, 15) is 9.59 Å². The maximum atomic E-state index is 11.6. The molecule has 0 saturated heterocycles. The molecule has 98 valence electrons. The third-order valence-corrected chi connectivity index (χ3v) is 3.60. The molecule has 0 aliphatic rings. The van der Waals surface area contributed by atoms with Gasteiger partial charge in [0.25, 0.3) is 0 Å². The first-order chi connectivity index (χ1) is 9.10. The second-order valence-electron chi connectivity index (χ2n) is 3.37. The van der Waals surface area contributed by atoms with Crippen molar-refractivity contribution in [2.24, 2.45) is 0 Å². The van der Waals surface area contributed by atoms with Gasteiger partial charge in [-0.3, -0.25) is 0 Å². The van der Waals surface area contributed by atoms with Crippen molar-refractivity contribution in [2.75, 3.05) is 14.2 Å². The Balaban J connectivity index is 3.49. The van der Waals surface area contributed by atoms with E-state index in [4.69, 9.17) is 10.5 Å². The lowest BCUT2D eigenvalue weighted by molar-refractivity contribution is 0.0597. The summed E-state index contributed by atoms with van der Waals surface area (Å²) in [6, 6.07) is 3.82. The number of nitriles is 2. The number of carbonyl (C=O) groups is 2. The monoisotopic (exact) mass is 278 g/mol. The Morgan fingerprint density at radius 1 is 1.00 bits per heavy atom. The van der Waals surface area contributed by atoms with E-state index in [0.29, 0.717) is 11.1 Å². The molecule has 7 heteroatoms. The smallest absolute Gasteiger partial charge is 0.348 e. The molecule has 0 spiro atoms. The summed E-state index contributed by atoms with van der Waals surface area (Å²) in [5.41, 5.74) is 0.725. The predicted octanol–water partition coefficient (Wildman–Crippen LogP) is 1.45. The zero-order valence-corrected chi connectivity index (χ0v) is 11.2. The Morgan fingerprint density at radius 3 is 1.63 bits per heavy atom. The largest absolute Gasteiger partial charge is 0.465 e. The fourth-order valence-corrected chi connectivity index (χ4v) is 2.72. The van der Waals surface area contributed by atoms with Gasteiger partial charge in [0.15, 0.2) is 0 Å². The van der Waals surface area contributed by atoms with Crippen LogP contribution in [0.1, 0.15) is 30.5 Å². The minimum atomic E-state index is -0.635. The summed E-state index contributed by atoms with van der Waals surface area (Å²) in [7, 11) is 2.42. The van der Waals surface area contributed by atoms with E-state index in [1.54, 1.807) is 0 Å². The van der Waals surface area contributed by atoms with E-state index in [1.807, 2.05) is 12.1 Å². The molecule has 6 nitrogen and oxygen atoms in total. The maximum Gasteiger partial charge on any atom is 0.348 e. The lowest BCUT2D eigenvalue weighted by Gasteiger charge is -2.01. The van der Waals surface area contributed by atoms with E-state index < -0.39 is 11.9 Å². The molecule has 0 amide bonds. The van der Waals surface area contributed by atoms with Crippen molar-refractivity contribution in [1.29, 1.82) is 10.5 Å². The van der Waals surface area contributed by atoms with Gasteiger partial charge in [0.05, 0.1) is 39.2 Å². The minimum absolute atomic E-state index is 0.0745. The molecule has 0 atom stereocenters. The highest BCUT2D eigenvalue weighted by molar-refractivity contribution is 7.16. The number of rotatable bonds is 4. The molecule has 0 bridgehead atoms. The lowest BCUT2D eigenvalue weighted by atomic mass is 10.0. The van der Waals surface area contributed by atoms with E-state index in [1.165, 1.54) is 14.2 Å². The van der Waals surface area contributed by atoms with Gasteiger partial charge in [-0.2, -0.15) is 10.5 Å². The summed E-state index contributed by atoms with van der Waals surface area (Å²) < 4.78 is 9.22. The van der Waals surface area contributed by atoms with Crippen LogP contribution < -0.4 is 0 Å². The Kier molecular flexibility index (Phi) is 5.04. The zero-order valence-electron chi connectivity index (χ0n) is 10.3. The maximum absolute atomic E-state index is 11.6. The zero-order chi connectivity index (χ0) is 14.4. The van der Waals surface area contributed by atoms with Gasteiger partial charge in [-0.15, -0.1) is 11.3 Å². The molecule has 0 aromatic carbocycles. The van der Waals surface area contributed by atoms with Crippen LogP contribution in [0.4, 0.5) is 0 Å². The van der Waals surface area contributed by atoms with Crippen LogP contribution in [-0.2, 0) is 22.3 Å². The molecule has 1 heterocycles. The average Bonchev–Trinajstić information content (AvgIpc) is 2.77. The topological polar surface area (TPSA) is 100 Å². The Morgan fingerprint density at radius 2 is 1.37 bits per heavy atom. The predicted molar refractivity (Wildman–Crippen MR) is 65.6 cm³/mol. The van der Waals surface area contributed by atoms with Crippen LogP contribution >= 0.6 is 11.3 Å². The second kappa shape index (κ2) is 6.53. The number of hydrogen-bond acceptors (Lipinski definition) is 7. The molecule has 19 heavy (non-hydrogen) atoms. The molecule has 0 saturated carbocycles. The van der Waals surface area contributed by atoms with Crippen LogP contribution in [-0.4, -0.2) is 26.2 Å². The molecule has 1 aromatic heterocycles. The molecule has 0 unspecified atom stereocenters. The number of methoxy groups -OCH3 is 2. The van der Waals surface area contributed by atoms with Crippen molar-refractivity contribution in [3.63, 3.8) is 0 Å². The standard InChI is InChI=1S/C12H10N2O4S/c1-17-11(15)9-7(3-5-13)8(4-6-14)10(19-9)12(16)18-2/h3-4H2,1-2H3. The van der Waals surface area contributed by atoms with E-state index in [-0.39, 0.29) is 22.6 Å². The summed E-state index contributed by atoms with van der Waals surface area (Å²) >= 11 is 0.880. The Hall–Kier alpha value is -2.38. The van der Waals surface area contributed by atoms with Crippen LogP contribution in [0, 0.1) is 22.7 Å². The third kappa shape index (κ3) is 2.90. The second-order valence-corrected chi connectivity index (χ2v) is 4.39. The van der Waals surface area contributed by atoms with Gasteiger partial charge < -0.3 is 9.47 Å². The lowest BCUT2D eigenvalue weighted by Crippen LogP contribution is -2.04. The molecule has 0 fully saturated rings. The summed E-state index contributed by atoms with van der Waals surface area (Å²) in [6.07, 6.45) is -0.149. The van der Waals surface area contributed by atoms with E-state index in [2.05, 4.69) is 9.47 Å². The SMILES string of the molecule is COC(=O)c1sc(C(=O)OC)c(CC#N)c1CC#N. The van der Waals surface area contributed by atoms with Crippen LogP contribution in [0.2, 0.25) is 0 Å². The van der Waals surface area contributed by atoms with Crippen molar-refractivity contribution < 1.29 is 19.1 Å². The van der Waals surface area contributed by atoms with E-state index in [0.717, 1.165) is 11.3 Å². The summed E-state index contributed by atoms with van der Waals surface area (Å²) in [5.74, 6) is -1.27. The van der Waals surface area contributed by atoms with Crippen molar-refractivity contribution in [2.45, 2.75) is 12.8 Å². The number of esters is 2. The molecule has 1 aromatic rings. The summed E-state index contributed by atoms with van der Waals surface area (Å²) in [6.45, 7) is 0.